The number of H-pyrrole nitrogens is 1. The first kappa shape index (κ1) is 29.4. The number of fused-ring (bicyclic) bond motifs is 1. The number of aryl methyl sites for hydroxylation is 1. The topological polar surface area (TPSA) is 104 Å². The van der Waals surface area contributed by atoms with Gasteiger partial charge in [-0.3, -0.25) is 10.1 Å². The molecule has 1 aliphatic heterocycles. The number of anilines is 2. The first-order chi connectivity index (χ1) is 21.2. The number of Topliss-reactive ketones (excluding diaryl/α,β-unsaturated/α-hetero) is 1. The number of nitrogens with one attached hydrogen (secondary N) is 4. The lowest BCUT2D eigenvalue weighted by Crippen LogP contribution is -2.34. The van der Waals surface area contributed by atoms with E-state index in [1.165, 1.54) is 0 Å². The van der Waals surface area contributed by atoms with E-state index in [0.29, 0.717) is 17.1 Å². The number of benzene rings is 3. The van der Waals surface area contributed by atoms with Crippen molar-refractivity contribution in [2.24, 2.45) is 5.92 Å². The van der Waals surface area contributed by atoms with Gasteiger partial charge in [-0.15, -0.1) is 0 Å². The van der Waals surface area contributed by atoms with Crippen LogP contribution in [-0.4, -0.2) is 39.7 Å². The average Bonchev–Trinajstić information content (AvgIpc) is 3.66. The molecule has 2 amide bonds. The van der Waals surface area contributed by atoms with E-state index < -0.39 is 11.9 Å². The van der Waals surface area contributed by atoms with Crippen molar-refractivity contribution < 1.29 is 9.59 Å². The number of ketones is 1. The maximum Gasteiger partial charge on any atom is 0.324 e. The SMILES string of the molecule is Cc1ccc(-n2nc(C(C)(C)C)cc2NC(=O)Nc2ccccc2C(C(=O)c2ccc3cc[nH]c3c2)C2CCNCC2)cc1. The number of amides is 2. The number of rotatable bonds is 7. The van der Waals surface area contributed by atoms with Crippen molar-refractivity contribution in [2.45, 2.75) is 51.9 Å². The lowest BCUT2D eigenvalue weighted by Gasteiger charge is -2.31. The van der Waals surface area contributed by atoms with Crippen LogP contribution in [0, 0.1) is 12.8 Å². The highest BCUT2D eigenvalue weighted by atomic mass is 16.2. The van der Waals surface area contributed by atoms with Crippen LogP contribution in [0.1, 0.15) is 66.7 Å². The fraction of sp³-hybridized carbons (Fsp3) is 0.306. The maximum atomic E-state index is 14.3. The summed E-state index contributed by atoms with van der Waals surface area (Å²) in [4.78, 5) is 31.1. The predicted molar refractivity (Wildman–Crippen MR) is 177 cm³/mol. The second-order valence-corrected chi connectivity index (χ2v) is 12.8. The molecule has 44 heavy (non-hydrogen) atoms. The zero-order valence-corrected chi connectivity index (χ0v) is 25.8. The Bertz CT molecular complexity index is 1790. The lowest BCUT2D eigenvalue weighted by molar-refractivity contribution is 0.0916. The fourth-order valence-corrected chi connectivity index (χ4v) is 6.04. The summed E-state index contributed by atoms with van der Waals surface area (Å²) in [6.45, 7) is 10.1. The highest BCUT2D eigenvalue weighted by molar-refractivity contribution is 6.05. The minimum atomic E-state index is -0.397. The van der Waals surface area contributed by atoms with Crippen molar-refractivity contribution in [1.82, 2.24) is 20.1 Å². The molecule has 1 atom stereocenters. The molecule has 8 nitrogen and oxygen atoms in total. The van der Waals surface area contributed by atoms with E-state index in [-0.39, 0.29) is 17.1 Å². The molecule has 0 saturated carbocycles. The summed E-state index contributed by atoms with van der Waals surface area (Å²) < 4.78 is 1.77. The quantitative estimate of drug-likeness (QED) is 0.147. The summed E-state index contributed by atoms with van der Waals surface area (Å²) in [5.41, 5.74) is 5.72. The molecule has 3 aromatic carbocycles. The molecule has 0 spiro atoms. The molecule has 5 aromatic rings. The Morgan fingerprint density at radius 2 is 1.68 bits per heavy atom. The van der Waals surface area contributed by atoms with Crippen LogP contribution in [0.2, 0.25) is 0 Å². The normalized spacial score (nSPS) is 14.8. The number of carbonyl (C=O) groups is 2. The van der Waals surface area contributed by atoms with E-state index in [9.17, 15) is 9.59 Å². The summed E-state index contributed by atoms with van der Waals surface area (Å²) in [6.07, 6.45) is 3.65. The molecule has 1 aliphatic rings. The number of hydrogen-bond acceptors (Lipinski definition) is 4. The molecule has 8 heteroatoms. The van der Waals surface area contributed by atoms with Crippen molar-refractivity contribution in [3.63, 3.8) is 0 Å². The van der Waals surface area contributed by atoms with Gasteiger partial charge in [0, 0.05) is 34.4 Å². The van der Waals surface area contributed by atoms with E-state index in [2.05, 4.69) is 41.7 Å². The zero-order chi connectivity index (χ0) is 30.8. The van der Waals surface area contributed by atoms with Gasteiger partial charge in [-0.1, -0.05) is 68.8 Å². The van der Waals surface area contributed by atoms with Crippen molar-refractivity contribution in [3.05, 3.63) is 107 Å². The molecular formula is C36H40N6O2. The second-order valence-electron chi connectivity index (χ2n) is 12.8. The van der Waals surface area contributed by atoms with Gasteiger partial charge in [-0.2, -0.15) is 5.10 Å². The number of urea groups is 1. The van der Waals surface area contributed by atoms with Crippen LogP contribution in [0.15, 0.2) is 85.1 Å². The third-order valence-corrected chi connectivity index (χ3v) is 8.52. The molecule has 4 N–H and O–H groups in total. The van der Waals surface area contributed by atoms with Crippen molar-refractivity contribution in [3.8, 4) is 5.69 Å². The smallest absolute Gasteiger partial charge is 0.324 e. The summed E-state index contributed by atoms with van der Waals surface area (Å²) >= 11 is 0. The zero-order valence-electron chi connectivity index (χ0n) is 25.8. The second kappa shape index (κ2) is 12.1. The van der Waals surface area contributed by atoms with Crippen LogP contribution in [0.5, 0.6) is 0 Å². The highest BCUT2D eigenvalue weighted by Gasteiger charge is 2.33. The van der Waals surface area contributed by atoms with Gasteiger partial charge >= 0.3 is 6.03 Å². The van der Waals surface area contributed by atoms with Crippen LogP contribution < -0.4 is 16.0 Å². The van der Waals surface area contributed by atoms with Gasteiger partial charge in [0.05, 0.1) is 17.3 Å². The predicted octanol–water partition coefficient (Wildman–Crippen LogP) is 7.57. The first-order valence-electron chi connectivity index (χ1n) is 15.3. The van der Waals surface area contributed by atoms with Crippen LogP contribution >= 0.6 is 0 Å². The molecule has 6 rings (SSSR count). The van der Waals surface area contributed by atoms with Crippen LogP contribution in [0.4, 0.5) is 16.3 Å². The highest BCUT2D eigenvalue weighted by Crippen LogP contribution is 2.38. The molecule has 226 valence electrons. The van der Waals surface area contributed by atoms with Gasteiger partial charge in [0.1, 0.15) is 5.82 Å². The standard InChI is InChI=1S/C36H40N6O2/c1-23-9-13-27(14-10-23)42-32(22-31(41-42)36(2,3)4)40-35(44)39-29-8-6-5-7-28(29)33(25-15-18-37-19-16-25)34(43)26-12-11-24-17-20-38-30(24)21-26/h5-14,17,20-22,25,33,37-38H,15-16,18-19H2,1-4H3,(H2,39,40,44). The Kier molecular flexibility index (Phi) is 8.10. The van der Waals surface area contributed by atoms with Crippen molar-refractivity contribution in [2.75, 3.05) is 23.7 Å². The number of aromatic amines is 1. The van der Waals surface area contributed by atoms with Crippen molar-refractivity contribution in [1.29, 1.82) is 0 Å². The Labute approximate surface area is 258 Å². The van der Waals surface area contributed by atoms with Crippen molar-refractivity contribution >= 4 is 34.2 Å². The van der Waals surface area contributed by atoms with Gasteiger partial charge < -0.3 is 15.6 Å². The number of nitrogens with zero attached hydrogens (tertiary/aromatic N) is 2. The van der Waals surface area contributed by atoms with Crippen LogP contribution in [0.3, 0.4) is 0 Å². The molecule has 0 aliphatic carbocycles. The summed E-state index contributed by atoms with van der Waals surface area (Å²) in [7, 11) is 0. The Morgan fingerprint density at radius 1 is 0.932 bits per heavy atom. The molecule has 1 saturated heterocycles. The third-order valence-electron chi connectivity index (χ3n) is 8.52. The van der Waals surface area contributed by atoms with Gasteiger partial charge in [0.2, 0.25) is 0 Å². The number of piperidine rings is 1. The van der Waals surface area contributed by atoms with Gasteiger partial charge in [0.15, 0.2) is 5.78 Å². The summed E-state index contributed by atoms with van der Waals surface area (Å²) in [6, 6.07) is 25.1. The molecule has 2 aromatic heterocycles. The summed E-state index contributed by atoms with van der Waals surface area (Å²) in [5.74, 6) is 0.382. The van der Waals surface area contributed by atoms with E-state index in [0.717, 1.165) is 59.3 Å². The molecular weight excluding hydrogens is 548 g/mol. The maximum absolute atomic E-state index is 14.3. The molecule has 1 unspecified atom stereocenters. The minimum Gasteiger partial charge on any atom is -0.361 e. The number of para-hydroxylation sites is 1. The third kappa shape index (κ3) is 6.17. The number of aromatic nitrogens is 3. The van der Waals surface area contributed by atoms with E-state index in [1.54, 1.807) is 4.68 Å². The summed E-state index contributed by atoms with van der Waals surface area (Å²) in [5, 5.41) is 15.5. The number of hydrogen-bond donors (Lipinski definition) is 4. The van der Waals surface area contributed by atoms with E-state index in [1.807, 2.05) is 92.0 Å². The minimum absolute atomic E-state index is 0.0651. The van der Waals surface area contributed by atoms with Crippen LogP contribution in [0.25, 0.3) is 16.6 Å². The Balaban J connectivity index is 1.32. The van der Waals surface area contributed by atoms with E-state index in [4.69, 9.17) is 5.10 Å². The Morgan fingerprint density at radius 3 is 2.43 bits per heavy atom. The van der Waals surface area contributed by atoms with Gasteiger partial charge in [0.25, 0.3) is 0 Å². The first-order valence-corrected chi connectivity index (χ1v) is 15.3. The number of carbonyl (C=O) groups excluding carboxylic acids is 2. The fourth-order valence-electron chi connectivity index (χ4n) is 6.04. The van der Waals surface area contributed by atoms with Gasteiger partial charge in [-0.25, -0.2) is 9.48 Å². The molecule has 0 bridgehead atoms. The Hall–Kier alpha value is -4.69. The lowest BCUT2D eigenvalue weighted by atomic mass is 9.75. The largest absolute Gasteiger partial charge is 0.361 e. The monoisotopic (exact) mass is 588 g/mol. The van der Waals surface area contributed by atoms with Gasteiger partial charge in [-0.05, 0) is 80.1 Å². The van der Waals surface area contributed by atoms with E-state index >= 15 is 0 Å². The molecule has 3 heterocycles. The molecule has 0 radical (unpaired) electrons. The van der Waals surface area contributed by atoms with Crippen LogP contribution in [-0.2, 0) is 5.41 Å². The average molecular weight is 589 g/mol. The molecule has 1 fully saturated rings.